The highest BCUT2D eigenvalue weighted by atomic mass is 19.4. The van der Waals surface area contributed by atoms with E-state index in [1.54, 1.807) is 20.2 Å². The van der Waals surface area contributed by atoms with Crippen molar-refractivity contribution in [3.63, 3.8) is 0 Å². The van der Waals surface area contributed by atoms with E-state index < -0.39 is 63.6 Å². The fraction of sp³-hybridized carbons (Fsp3) is 0.545. The van der Waals surface area contributed by atoms with Crippen LogP contribution in [-0.2, 0) is 26.2 Å². The highest BCUT2D eigenvalue weighted by molar-refractivity contribution is 5.90. The van der Waals surface area contributed by atoms with Crippen LogP contribution in [0.2, 0.25) is 0 Å². The normalized spacial score (nSPS) is 12.3. The Bertz CT molecular complexity index is 1460. The van der Waals surface area contributed by atoms with Crippen LogP contribution in [0, 0.1) is 18.6 Å². The minimum atomic E-state index is -5.10. The summed E-state index contributed by atoms with van der Waals surface area (Å²) in [5.41, 5.74) is 1.34. The zero-order valence-corrected chi connectivity index (χ0v) is 29.2. The van der Waals surface area contributed by atoms with Crippen LogP contribution in [0.15, 0.2) is 12.3 Å². The third-order valence-corrected chi connectivity index (χ3v) is 7.10. The number of nitrogens with zero attached hydrogens (tertiary/aromatic N) is 3. The van der Waals surface area contributed by atoms with E-state index in [1.807, 2.05) is 41.8 Å². The van der Waals surface area contributed by atoms with Crippen molar-refractivity contribution in [2.24, 2.45) is 7.05 Å². The first-order chi connectivity index (χ1) is 22.6. The van der Waals surface area contributed by atoms with Gasteiger partial charge in [0, 0.05) is 31.5 Å². The first-order valence-electron chi connectivity index (χ1n) is 15.8. The lowest BCUT2D eigenvalue weighted by molar-refractivity contribution is -0.137. The van der Waals surface area contributed by atoms with E-state index in [2.05, 4.69) is 26.0 Å². The van der Waals surface area contributed by atoms with E-state index in [4.69, 9.17) is 10.5 Å². The van der Waals surface area contributed by atoms with E-state index in [9.17, 15) is 27.5 Å². The molecule has 0 bridgehead atoms. The van der Waals surface area contributed by atoms with Gasteiger partial charge in [0.2, 0.25) is 5.88 Å². The summed E-state index contributed by atoms with van der Waals surface area (Å²) in [7, 11) is 5.40. The SMILES string of the molecule is CC.CCC(C)NCCC(C)Oc1nc(-c2cc(N)c(F)c(C)c2C(F)(F)F)c(F)c(NCc2nn(C)cc2CCO)c1C=O.CNC. The molecule has 2 aromatic heterocycles. The van der Waals surface area contributed by atoms with Gasteiger partial charge in [0.15, 0.2) is 12.1 Å². The first kappa shape index (κ1) is 42.2. The number of aliphatic hydroxyl groups excluding tert-OH is 1. The Morgan fingerprint density at radius 2 is 1.79 bits per heavy atom. The number of aldehydes is 1. The molecule has 6 N–H and O–H groups in total. The van der Waals surface area contributed by atoms with Crippen molar-refractivity contribution in [2.45, 2.75) is 85.7 Å². The van der Waals surface area contributed by atoms with E-state index in [0.717, 1.165) is 13.3 Å². The molecule has 0 aliphatic rings. The number of halogens is 5. The Morgan fingerprint density at radius 1 is 1.17 bits per heavy atom. The lowest BCUT2D eigenvalue weighted by atomic mass is 9.95. The number of alkyl halides is 3. The van der Waals surface area contributed by atoms with E-state index >= 15 is 4.39 Å². The molecule has 15 heteroatoms. The Hall–Kier alpha value is -3.82. The zero-order valence-electron chi connectivity index (χ0n) is 29.2. The maximum atomic E-state index is 16.2. The predicted octanol–water partition coefficient (Wildman–Crippen LogP) is 6.04. The fourth-order valence-corrected chi connectivity index (χ4v) is 4.64. The predicted molar refractivity (Wildman–Crippen MR) is 179 cm³/mol. The molecule has 0 amide bonds. The molecule has 0 radical (unpaired) electrons. The Labute approximate surface area is 279 Å². The standard InChI is InChI=1S/C29H37F5N6O3.C2H7N.C2H6/c1-6-15(2)36-9-7-16(3)43-28-20(14-42)26(37-12-22-18(8-10-41)13-40(5)39-22)25(31)27(38-28)19-11-21(35)24(30)17(4)23(19)29(32,33)34;1-3-2;1-2/h11,13-16,36,41H,6-10,12,35H2,1-5H3,(H,37,38);3H,1-2H3;1-2H3. The minimum Gasteiger partial charge on any atom is -0.474 e. The number of hydrogen-bond acceptors (Lipinski definition) is 9. The van der Waals surface area contributed by atoms with Crippen LogP contribution in [-0.4, -0.2) is 65.5 Å². The van der Waals surface area contributed by atoms with Crippen molar-refractivity contribution in [3.8, 4) is 17.1 Å². The third kappa shape index (κ3) is 11.1. The molecule has 0 fully saturated rings. The van der Waals surface area contributed by atoms with Gasteiger partial charge in [-0.2, -0.15) is 18.3 Å². The number of nitrogens with one attached hydrogen (secondary N) is 3. The van der Waals surface area contributed by atoms with Crippen LogP contribution >= 0.6 is 0 Å². The molecule has 2 atom stereocenters. The van der Waals surface area contributed by atoms with E-state index in [0.29, 0.717) is 36.6 Å². The lowest BCUT2D eigenvalue weighted by Crippen LogP contribution is -2.29. The molecule has 2 heterocycles. The molecule has 2 unspecified atom stereocenters. The summed E-state index contributed by atoms with van der Waals surface area (Å²) in [6.45, 7) is 10.8. The monoisotopic (exact) mass is 687 g/mol. The highest BCUT2D eigenvalue weighted by Gasteiger charge is 2.39. The van der Waals surface area contributed by atoms with Crippen molar-refractivity contribution in [2.75, 3.05) is 38.3 Å². The summed E-state index contributed by atoms with van der Waals surface area (Å²) < 4.78 is 80.8. The topological polar surface area (TPSA) is 139 Å². The number of rotatable bonds is 14. The molecule has 3 rings (SSSR count). The van der Waals surface area contributed by atoms with Crippen LogP contribution in [0.3, 0.4) is 0 Å². The minimum absolute atomic E-state index is 0.151. The second kappa shape index (κ2) is 19.9. The number of pyridine rings is 1. The Balaban J connectivity index is 0.00000218. The van der Waals surface area contributed by atoms with Crippen LogP contribution in [0.1, 0.15) is 80.2 Å². The van der Waals surface area contributed by atoms with Gasteiger partial charge in [-0.15, -0.1) is 0 Å². The summed E-state index contributed by atoms with van der Waals surface area (Å²) in [5, 5.41) is 22.5. The quantitative estimate of drug-likeness (QED) is 0.0781. The number of carbonyl (C=O) groups is 1. The maximum Gasteiger partial charge on any atom is 0.417 e. The van der Waals surface area contributed by atoms with Gasteiger partial charge in [-0.05, 0) is 77.9 Å². The smallest absolute Gasteiger partial charge is 0.417 e. The molecule has 1 aromatic carbocycles. The number of ether oxygens (including phenoxy) is 1. The summed E-state index contributed by atoms with van der Waals surface area (Å²) in [5.74, 6) is -2.99. The number of nitrogen functional groups attached to an aromatic ring is 1. The number of benzene rings is 1. The second-order valence-electron chi connectivity index (χ2n) is 10.9. The van der Waals surface area contributed by atoms with E-state index in [1.165, 1.54) is 4.68 Å². The summed E-state index contributed by atoms with van der Waals surface area (Å²) in [6, 6.07) is 0.904. The van der Waals surface area contributed by atoms with Crippen LogP contribution < -0.4 is 26.4 Å². The second-order valence-corrected chi connectivity index (χ2v) is 10.9. The van der Waals surface area contributed by atoms with Gasteiger partial charge in [-0.1, -0.05) is 20.8 Å². The molecule has 270 valence electrons. The van der Waals surface area contributed by atoms with Gasteiger partial charge in [0.1, 0.15) is 17.1 Å². The number of hydrogen-bond donors (Lipinski definition) is 5. The number of aryl methyl sites for hydroxylation is 1. The summed E-state index contributed by atoms with van der Waals surface area (Å²) >= 11 is 0. The highest BCUT2D eigenvalue weighted by Crippen LogP contribution is 2.44. The molecule has 10 nitrogen and oxygen atoms in total. The van der Waals surface area contributed by atoms with Crippen molar-refractivity contribution < 1.29 is 36.6 Å². The van der Waals surface area contributed by atoms with Gasteiger partial charge in [0.05, 0.1) is 35.3 Å². The van der Waals surface area contributed by atoms with Crippen molar-refractivity contribution >= 4 is 17.7 Å². The maximum absolute atomic E-state index is 16.2. The summed E-state index contributed by atoms with van der Waals surface area (Å²) in [6.07, 6.45) is -2.15. The molecule has 0 aliphatic carbocycles. The van der Waals surface area contributed by atoms with Crippen LogP contribution in [0.4, 0.5) is 33.3 Å². The molecule has 48 heavy (non-hydrogen) atoms. The van der Waals surface area contributed by atoms with Gasteiger partial charge in [0.25, 0.3) is 0 Å². The largest absolute Gasteiger partial charge is 0.474 e. The molecule has 0 saturated carbocycles. The molecule has 0 spiro atoms. The molecule has 0 saturated heterocycles. The molecular formula is C33H50F5N7O3. The van der Waals surface area contributed by atoms with Crippen molar-refractivity contribution in [3.05, 3.63) is 51.8 Å². The number of aromatic nitrogens is 3. The lowest BCUT2D eigenvalue weighted by Gasteiger charge is -2.22. The van der Waals surface area contributed by atoms with Crippen LogP contribution in [0.5, 0.6) is 5.88 Å². The van der Waals surface area contributed by atoms with Gasteiger partial charge < -0.3 is 31.5 Å². The number of carbonyl (C=O) groups excluding carboxylic acids is 1. The zero-order chi connectivity index (χ0) is 36.8. The van der Waals surface area contributed by atoms with Gasteiger partial charge in [-0.3, -0.25) is 9.48 Å². The first-order valence-corrected chi connectivity index (χ1v) is 15.8. The molecule has 3 aromatic rings. The van der Waals surface area contributed by atoms with E-state index in [-0.39, 0.29) is 31.2 Å². The Kier molecular flexibility index (Phi) is 17.5. The summed E-state index contributed by atoms with van der Waals surface area (Å²) in [4.78, 5) is 16.3. The van der Waals surface area contributed by atoms with Crippen molar-refractivity contribution in [1.82, 2.24) is 25.4 Å². The van der Waals surface area contributed by atoms with Gasteiger partial charge in [-0.25, -0.2) is 13.8 Å². The average molecular weight is 688 g/mol. The number of nitrogens with two attached hydrogens (primary N) is 1. The Morgan fingerprint density at radius 3 is 2.33 bits per heavy atom. The van der Waals surface area contributed by atoms with Crippen molar-refractivity contribution in [1.29, 1.82) is 0 Å². The number of anilines is 2. The van der Waals surface area contributed by atoms with Gasteiger partial charge >= 0.3 is 6.18 Å². The third-order valence-electron chi connectivity index (χ3n) is 7.10. The van der Waals surface area contributed by atoms with Crippen LogP contribution in [0.25, 0.3) is 11.3 Å². The molecule has 0 aliphatic heterocycles. The fourth-order valence-electron chi connectivity index (χ4n) is 4.64. The average Bonchev–Trinajstić information content (AvgIpc) is 3.38. The number of aliphatic hydroxyl groups is 1. The molecular weight excluding hydrogens is 637 g/mol.